The Morgan fingerprint density at radius 2 is 1.84 bits per heavy atom. The zero-order valence-electron chi connectivity index (χ0n) is 12.6. The lowest BCUT2D eigenvalue weighted by atomic mass is 9.82. The first-order chi connectivity index (χ1) is 8.71. The van der Waals surface area contributed by atoms with Crippen molar-refractivity contribution in [3.05, 3.63) is 18.2 Å². The summed E-state index contributed by atoms with van der Waals surface area (Å²) in [5.74, 6) is 0.873. The minimum Gasteiger partial charge on any atom is -0.496 e. The average Bonchev–Trinajstić information content (AvgIpc) is 2.34. The molecule has 0 aliphatic rings. The van der Waals surface area contributed by atoms with Crippen molar-refractivity contribution in [2.75, 3.05) is 13.4 Å². The van der Waals surface area contributed by atoms with Gasteiger partial charge in [0, 0.05) is 4.90 Å². The summed E-state index contributed by atoms with van der Waals surface area (Å²) in [5, 5.41) is 10.1. The third kappa shape index (κ3) is 4.16. The summed E-state index contributed by atoms with van der Waals surface area (Å²) in [7, 11) is 2.14. The molecule has 0 aliphatic heterocycles. The Kier molecular flexibility index (Phi) is 5.36. The third-order valence-corrected chi connectivity index (χ3v) is 4.28. The number of methoxy groups -OCH3 is 1. The molecule has 5 heteroatoms. The van der Waals surface area contributed by atoms with Crippen molar-refractivity contribution in [2.24, 2.45) is 0 Å². The highest BCUT2D eigenvalue weighted by atomic mass is 32.2. The van der Waals surface area contributed by atoms with Crippen LogP contribution in [0, 0.1) is 0 Å². The van der Waals surface area contributed by atoms with Crippen molar-refractivity contribution in [1.29, 1.82) is 0 Å². The van der Waals surface area contributed by atoms with Crippen LogP contribution >= 0.6 is 11.8 Å². The van der Waals surface area contributed by atoms with Gasteiger partial charge in [-0.3, -0.25) is 0 Å². The topological polar surface area (TPSA) is 38.7 Å². The van der Waals surface area contributed by atoms with Crippen LogP contribution < -0.4 is 10.2 Å². The largest absolute Gasteiger partial charge is 0.496 e. The second-order valence-corrected chi connectivity index (χ2v) is 6.40. The zero-order valence-corrected chi connectivity index (χ0v) is 13.4. The lowest BCUT2D eigenvalue weighted by Crippen LogP contribution is -2.49. The summed E-state index contributed by atoms with van der Waals surface area (Å²) in [5.41, 5.74) is -0.420. The molecule has 1 aromatic carbocycles. The van der Waals surface area contributed by atoms with Crippen molar-refractivity contribution >= 4 is 24.7 Å². The Balaban J connectivity index is 2.79. The van der Waals surface area contributed by atoms with E-state index in [0.717, 1.165) is 16.1 Å². The van der Waals surface area contributed by atoms with Gasteiger partial charge in [0.05, 0.1) is 18.3 Å². The lowest BCUT2D eigenvalue weighted by molar-refractivity contribution is -0.0893. The van der Waals surface area contributed by atoms with Crippen LogP contribution in [0.1, 0.15) is 27.7 Å². The quantitative estimate of drug-likeness (QED) is 0.639. The van der Waals surface area contributed by atoms with Gasteiger partial charge >= 0.3 is 7.48 Å². The molecule has 106 valence electrons. The monoisotopic (exact) mass is 282 g/mol. The van der Waals surface area contributed by atoms with Gasteiger partial charge in [-0.15, -0.1) is 11.8 Å². The number of hydrogen-bond donors (Lipinski definition) is 1. The molecule has 0 heterocycles. The summed E-state index contributed by atoms with van der Waals surface area (Å²) in [6.07, 6.45) is 2.02. The first-order valence-electron chi connectivity index (χ1n) is 6.28. The molecule has 0 aliphatic carbocycles. The van der Waals surface area contributed by atoms with Gasteiger partial charge < -0.3 is 14.5 Å². The van der Waals surface area contributed by atoms with Crippen LogP contribution in [0.15, 0.2) is 23.1 Å². The van der Waals surface area contributed by atoms with Gasteiger partial charge in [-0.25, -0.2) is 0 Å². The number of rotatable bonds is 6. The molecule has 1 N–H and O–H groups in total. The smallest absolute Gasteiger partial charge is 0.309 e. The highest BCUT2D eigenvalue weighted by molar-refractivity contribution is 7.98. The predicted molar refractivity (Wildman–Crippen MR) is 83.0 cm³/mol. The third-order valence-electron chi connectivity index (χ3n) is 3.52. The molecular weight excluding hydrogens is 259 g/mol. The molecule has 0 atom stereocenters. The Hall–Kier alpha value is -0.645. The Labute approximate surface area is 121 Å². The van der Waals surface area contributed by atoms with Gasteiger partial charge in [0.1, 0.15) is 5.75 Å². The summed E-state index contributed by atoms with van der Waals surface area (Å²) in [4.78, 5) is 1.09. The van der Waals surface area contributed by atoms with Crippen LogP contribution in [0.4, 0.5) is 0 Å². The summed E-state index contributed by atoms with van der Waals surface area (Å²) in [6, 6.07) is 5.99. The van der Waals surface area contributed by atoms with Crippen molar-refractivity contribution in [2.45, 2.75) is 43.8 Å². The number of benzene rings is 1. The van der Waals surface area contributed by atoms with Crippen LogP contribution in [0.2, 0.25) is 0 Å². The lowest BCUT2D eigenvalue weighted by Gasteiger charge is -2.37. The maximum Gasteiger partial charge on any atom is 0.309 e. The Morgan fingerprint density at radius 3 is 2.32 bits per heavy atom. The van der Waals surface area contributed by atoms with E-state index < -0.39 is 11.2 Å². The Bertz CT molecular complexity index is 427. The minimum absolute atomic E-state index is 0.467. The highest BCUT2D eigenvalue weighted by Crippen LogP contribution is 2.27. The van der Waals surface area contributed by atoms with Gasteiger partial charge in [-0.1, -0.05) is 11.5 Å². The molecule has 3 nitrogen and oxygen atoms in total. The molecule has 0 saturated heterocycles. The first kappa shape index (κ1) is 16.4. The molecule has 0 aromatic heterocycles. The number of aliphatic hydroxyl groups is 1. The van der Waals surface area contributed by atoms with E-state index in [9.17, 15) is 5.11 Å². The molecule has 0 radical (unpaired) electrons. The second-order valence-electron chi connectivity index (χ2n) is 5.55. The van der Waals surface area contributed by atoms with Crippen molar-refractivity contribution in [1.82, 2.24) is 0 Å². The van der Waals surface area contributed by atoms with Gasteiger partial charge in [-0.05, 0) is 46.1 Å². The van der Waals surface area contributed by atoms with Crippen LogP contribution in [0.5, 0.6) is 5.75 Å². The van der Waals surface area contributed by atoms with Crippen molar-refractivity contribution in [3.63, 3.8) is 0 Å². The summed E-state index contributed by atoms with van der Waals surface area (Å²) in [6.45, 7) is 7.31. The average molecular weight is 282 g/mol. The van der Waals surface area contributed by atoms with E-state index in [1.807, 2.05) is 32.2 Å². The molecule has 1 rings (SSSR count). The number of thioether (sulfide) groups is 1. The summed E-state index contributed by atoms with van der Waals surface area (Å²) >= 11 is 1.64. The van der Waals surface area contributed by atoms with Crippen LogP contribution in [-0.4, -0.2) is 37.2 Å². The molecule has 0 spiro atoms. The van der Waals surface area contributed by atoms with Crippen LogP contribution in [0.3, 0.4) is 0 Å². The van der Waals surface area contributed by atoms with Gasteiger partial charge in [0.25, 0.3) is 0 Å². The second kappa shape index (κ2) is 6.20. The molecule has 0 amide bonds. The van der Waals surface area contributed by atoms with Crippen molar-refractivity contribution in [3.8, 4) is 5.75 Å². The standard InChI is InChI=1S/C14H23BO3S/c1-13(2,16)14(3,4)18-15-10-7-8-11(17-5)12(9-10)19-6/h7-9,15-16H,1-6H3. The van der Waals surface area contributed by atoms with E-state index in [1.54, 1.807) is 32.7 Å². The van der Waals surface area contributed by atoms with E-state index in [-0.39, 0.29) is 0 Å². The molecule has 0 fully saturated rings. The zero-order chi connectivity index (χ0) is 14.7. The number of ether oxygens (including phenoxy) is 1. The van der Waals surface area contributed by atoms with E-state index in [4.69, 9.17) is 9.39 Å². The maximum atomic E-state index is 10.1. The van der Waals surface area contributed by atoms with Crippen LogP contribution in [-0.2, 0) is 4.65 Å². The SMILES string of the molecule is COc1ccc(BOC(C)(C)C(C)(C)O)cc1SC. The fourth-order valence-corrected chi connectivity index (χ4v) is 2.03. The maximum absolute atomic E-state index is 10.1. The van der Waals surface area contributed by atoms with Gasteiger partial charge in [-0.2, -0.15) is 0 Å². The van der Waals surface area contributed by atoms with Crippen molar-refractivity contribution < 1.29 is 14.5 Å². The van der Waals surface area contributed by atoms with E-state index in [0.29, 0.717) is 7.48 Å². The molecule has 0 saturated carbocycles. The molecule has 19 heavy (non-hydrogen) atoms. The van der Waals surface area contributed by atoms with E-state index in [2.05, 4.69) is 6.07 Å². The predicted octanol–water partition coefficient (Wildman–Crippen LogP) is 1.96. The summed E-state index contributed by atoms with van der Waals surface area (Å²) < 4.78 is 11.1. The molecule has 1 aromatic rings. The fraction of sp³-hybridized carbons (Fsp3) is 0.571. The molecular formula is C14H23BO3S. The Morgan fingerprint density at radius 1 is 1.21 bits per heavy atom. The van der Waals surface area contributed by atoms with E-state index >= 15 is 0 Å². The normalized spacial score (nSPS) is 12.4. The van der Waals surface area contributed by atoms with Crippen LogP contribution in [0.25, 0.3) is 0 Å². The highest BCUT2D eigenvalue weighted by Gasteiger charge is 2.35. The first-order valence-corrected chi connectivity index (χ1v) is 7.51. The fourth-order valence-electron chi connectivity index (χ4n) is 1.41. The van der Waals surface area contributed by atoms with E-state index in [1.165, 1.54) is 0 Å². The molecule has 0 bridgehead atoms. The number of hydrogen-bond acceptors (Lipinski definition) is 4. The molecule has 0 unspecified atom stereocenters. The minimum atomic E-state index is -0.887. The van der Waals surface area contributed by atoms with Gasteiger partial charge in [0.2, 0.25) is 0 Å². The van der Waals surface area contributed by atoms with Gasteiger partial charge in [0.15, 0.2) is 0 Å².